The van der Waals surface area contributed by atoms with Gasteiger partial charge in [-0.25, -0.2) is 9.78 Å². The van der Waals surface area contributed by atoms with Crippen molar-refractivity contribution in [1.29, 1.82) is 0 Å². The normalized spacial score (nSPS) is 20.0. The molecule has 1 amide bonds. The Morgan fingerprint density at radius 1 is 1.19 bits per heavy atom. The predicted octanol–water partition coefficient (Wildman–Crippen LogP) is 4.08. The molecule has 0 radical (unpaired) electrons. The molecule has 0 atom stereocenters. The molecule has 0 spiro atoms. The summed E-state index contributed by atoms with van der Waals surface area (Å²) < 4.78 is 5.22. The van der Waals surface area contributed by atoms with Crippen molar-refractivity contribution in [3.8, 4) is 0 Å². The van der Waals surface area contributed by atoms with Crippen LogP contribution in [-0.2, 0) is 9.53 Å². The van der Waals surface area contributed by atoms with Gasteiger partial charge < -0.3 is 9.64 Å². The molecule has 1 heterocycles. The Bertz CT molecular complexity index is 816. The van der Waals surface area contributed by atoms with Gasteiger partial charge in [-0.15, -0.1) is 0 Å². The number of hydrogen-bond acceptors (Lipinski definition) is 4. The molecule has 138 valence electrons. The molecule has 1 aromatic heterocycles. The van der Waals surface area contributed by atoms with Gasteiger partial charge in [0, 0.05) is 18.5 Å². The van der Waals surface area contributed by atoms with Crippen LogP contribution in [0.4, 0.5) is 0 Å². The van der Waals surface area contributed by atoms with Gasteiger partial charge >= 0.3 is 5.97 Å². The molecule has 0 N–H and O–H groups in total. The minimum Gasteiger partial charge on any atom is -0.452 e. The van der Waals surface area contributed by atoms with Crippen molar-refractivity contribution in [3.63, 3.8) is 0 Å². The fraction of sp³-hybridized carbons (Fsp3) is 0.450. The topological polar surface area (TPSA) is 59.5 Å². The molecule has 1 aromatic carbocycles. The summed E-state index contributed by atoms with van der Waals surface area (Å²) in [7, 11) is 1.79. The van der Waals surface area contributed by atoms with E-state index < -0.39 is 5.97 Å². The van der Waals surface area contributed by atoms with Crippen LogP contribution in [0.2, 0.25) is 5.15 Å². The molecule has 2 aromatic rings. The fourth-order valence-corrected chi connectivity index (χ4v) is 3.53. The van der Waals surface area contributed by atoms with Crippen molar-refractivity contribution in [2.24, 2.45) is 5.92 Å². The Hall–Kier alpha value is -2.14. The van der Waals surface area contributed by atoms with Crippen LogP contribution >= 0.6 is 11.6 Å². The number of likely N-dealkylation sites (N-methyl/N-ethyl adjacent to an activating group) is 1. The highest BCUT2D eigenvalue weighted by molar-refractivity contribution is 6.29. The van der Waals surface area contributed by atoms with E-state index in [0.29, 0.717) is 16.2 Å². The number of halogens is 1. The van der Waals surface area contributed by atoms with Crippen LogP contribution in [0.25, 0.3) is 10.9 Å². The summed E-state index contributed by atoms with van der Waals surface area (Å²) in [5.41, 5.74) is 1.10. The average molecular weight is 375 g/mol. The van der Waals surface area contributed by atoms with Crippen LogP contribution in [0.3, 0.4) is 0 Å². The van der Waals surface area contributed by atoms with Gasteiger partial charge in [-0.05, 0) is 61.9 Å². The number of esters is 1. The minimum atomic E-state index is -0.513. The molecule has 0 saturated heterocycles. The average Bonchev–Trinajstić information content (AvgIpc) is 2.65. The van der Waals surface area contributed by atoms with Gasteiger partial charge in [-0.2, -0.15) is 0 Å². The van der Waals surface area contributed by atoms with Gasteiger partial charge in [0.25, 0.3) is 5.91 Å². The van der Waals surface area contributed by atoms with Crippen molar-refractivity contribution >= 4 is 34.4 Å². The van der Waals surface area contributed by atoms with Crippen molar-refractivity contribution in [2.75, 3.05) is 13.7 Å². The first-order chi connectivity index (χ1) is 12.4. The zero-order valence-corrected chi connectivity index (χ0v) is 15.8. The Labute approximate surface area is 158 Å². The molecule has 1 fully saturated rings. The van der Waals surface area contributed by atoms with Crippen LogP contribution in [0.5, 0.6) is 0 Å². The summed E-state index contributed by atoms with van der Waals surface area (Å²) >= 11 is 5.86. The maximum Gasteiger partial charge on any atom is 0.338 e. The molecule has 0 bridgehead atoms. The van der Waals surface area contributed by atoms with Gasteiger partial charge in [0.15, 0.2) is 6.61 Å². The summed E-state index contributed by atoms with van der Waals surface area (Å²) in [5.74, 6) is 0.0536. The van der Waals surface area contributed by atoms with Crippen molar-refractivity contribution in [2.45, 2.75) is 38.6 Å². The van der Waals surface area contributed by atoms with Crippen LogP contribution in [0, 0.1) is 5.92 Å². The number of carbonyl (C=O) groups excluding carboxylic acids is 2. The summed E-state index contributed by atoms with van der Waals surface area (Å²) in [4.78, 5) is 30.5. The smallest absolute Gasteiger partial charge is 0.338 e. The number of ether oxygens (including phenoxy) is 1. The van der Waals surface area contributed by atoms with E-state index in [2.05, 4.69) is 11.9 Å². The third kappa shape index (κ3) is 4.33. The Morgan fingerprint density at radius 3 is 2.65 bits per heavy atom. The van der Waals surface area contributed by atoms with Gasteiger partial charge in [0.1, 0.15) is 5.15 Å². The second-order valence-electron chi connectivity index (χ2n) is 7.04. The lowest BCUT2D eigenvalue weighted by Gasteiger charge is -2.33. The summed E-state index contributed by atoms with van der Waals surface area (Å²) in [6.07, 6.45) is 4.30. The van der Waals surface area contributed by atoms with E-state index in [4.69, 9.17) is 16.3 Å². The molecule has 3 rings (SSSR count). The lowest BCUT2D eigenvalue weighted by Crippen LogP contribution is -2.41. The van der Waals surface area contributed by atoms with E-state index >= 15 is 0 Å². The quantitative estimate of drug-likeness (QED) is 0.597. The second kappa shape index (κ2) is 8.04. The number of aromatic nitrogens is 1. The maximum absolute atomic E-state index is 12.3. The highest BCUT2D eigenvalue weighted by Gasteiger charge is 2.25. The Balaban J connectivity index is 1.58. The van der Waals surface area contributed by atoms with E-state index in [-0.39, 0.29) is 18.6 Å². The SMILES string of the molecule is CC1CCC(N(C)C(=O)COC(=O)c2ccc3nc(Cl)ccc3c2)CC1. The number of carbonyl (C=O) groups is 2. The first-order valence-electron chi connectivity index (χ1n) is 8.93. The number of hydrogen-bond donors (Lipinski definition) is 0. The fourth-order valence-electron chi connectivity index (χ4n) is 3.37. The number of amides is 1. The van der Waals surface area contributed by atoms with Crippen molar-refractivity contribution < 1.29 is 14.3 Å². The molecule has 1 aliphatic carbocycles. The minimum absolute atomic E-state index is 0.160. The summed E-state index contributed by atoms with van der Waals surface area (Å²) in [6.45, 7) is 2.01. The largest absolute Gasteiger partial charge is 0.452 e. The van der Waals surface area contributed by atoms with Crippen molar-refractivity contribution in [1.82, 2.24) is 9.88 Å². The number of pyridine rings is 1. The molecule has 6 heteroatoms. The van der Waals surface area contributed by atoms with Gasteiger partial charge in [0.2, 0.25) is 0 Å². The predicted molar refractivity (Wildman–Crippen MR) is 101 cm³/mol. The molecule has 1 aliphatic rings. The van der Waals surface area contributed by atoms with E-state index in [0.717, 1.165) is 37.0 Å². The highest BCUT2D eigenvalue weighted by Crippen LogP contribution is 2.26. The van der Waals surface area contributed by atoms with Crippen LogP contribution in [-0.4, -0.2) is 41.5 Å². The lowest BCUT2D eigenvalue weighted by atomic mass is 9.87. The Kier molecular flexibility index (Phi) is 5.77. The van der Waals surface area contributed by atoms with Crippen molar-refractivity contribution in [3.05, 3.63) is 41.0 Å². The Morgan fingerprint density at radius 2 is 1.92 bits per heavy atom. The molecule has 1 saturated carbocycles. The number of rotatable bonds is 4. The maximum atomic E-state index is 12.3. The molecular formula is C20H23ClN2O3. The zero-order valence-electron chi connectivity index (χ0n) is 15.1. The molecule has 26 heavy (non-hydrogen) atoms. The number of nitrogens with zero attached hydrogens (tertiary/aromatic N) is 2. The van der Waals surface area contributed by atoms with Gasteiger partial charge in [-0.1, -0.05) is 18.5 Å². The molecule has 5 nitrogen and oxygen atoms in total. The third-order valence-corrected chi connectivity index (χ3v) is 5.35. The monoisotopic (exact) mass is 374 g/mol. The first-order valence-corrected chi connectivity index (χ1v) is 9.31. The van der Waals surface area contributed by atoms with Crippen LogP contribution in [0.15, 0.2) is 30.3 Å². The van der Waals surface area contributed by atoms with E-state index in [9.17, 15) is 9.59 Å². The van der Waals surface area contributed by atoms with Crippen LogP contribution in [0.1, 0.15) is 43.0 Å². The summed E-state index contributed by atoms with van der Waals surface area (Å²) in [5, 5.41) is 1.20. The van der Waals surface area contributed by atoms with Gasteiger partial charge in [-0.3, -0.25) is 4.79 Å². The van der Waals surface area contributed by atoms with Gasteiger partial charge in [0.05, 0.1) is 11.1 Å². The second-order valence-corrected chi connectivity index (χ2v) is 7.42. The molecular weight excluding hydrogens is 352 g/mol. The highest BCUT2D eigenvalue weighted by atomic mass is 35.5. The van der Waals surface area contributed by atoms with E-state index in [1.165, 1.54) is 0 Å². The lowest BCUT2D eigenvalue weighted by molar-refractivity contribution is -0.136. The van der Waals surface area contributed by atoms with E-state index in [1.54, 1.807) is 42.3 Å². The zero-order chi connectivity index (χ0) is 18.7. The van der Waals surface area contributed by atoms with Crippen LogP contribution < -0.4 is 0 Å². The number of fused-ring (bicyclic) bond motifs is 1. The summed E-state index contributed by atoms with van der Waals surface area (Å²) in [6, 6.07) is 8.75. The molecule has 0 unspecified atom stereocenters. The number of benzene rings is 1. The third-order valence-electron chi connectivity index (χ3n) is 5.14. The first kappa shape index (κ1) is 18.6. The molecule has 0 aliphatic heterocycles. The standard InChI is InChI=1S/C20H23ClN2O3/c1-13-3-7-16(8-4-13)23(2)19(24)12-26-20(25)15-5-9-17-14(11-15)6-10-18(21)22-17/h5-6,9-11,13,16H,3-4,7-8,12H2,1-2H3. The van der Waals surface area contributed by atoms with E-state index in [1.807, 2.05) is 0 Å².